The summed E-state index contributed by atoms with van der Waals surface area (Å²) in [5.74, 6) is 2.07. The van der Waals surface area contributed by atoms with Crippen LogP contribution in [0.3, 0.4) is 0 Å². The van der Waals surface area contributed by atoms with Crippen molar-refractivity contribution in [3.05, 3.63) is 35.4 Å². The van der Waals surface area contributed by atoms with Gasteiger partial charge in [-0.3, -0.25) is 0 Å². The molecule has 2 rings (SSSR count). The number of hydrogen-bond acceptors (Lipinski definition) is 3. The number of ether oxygens (including phenoxy) is 1. The number of carbonyl (C=O) groups is 1. The van der Waals surface area contributed by atoms with E-state index in [2.05, 4.69) is 11.4 Å². The van der Waals surface area contributed by atoms with Crippen LogP contribution in [0.4, 0.5) is 4.79 Å². The smallest absolute Gasteiger partial charge is 0.317 e. The normalized spacial score (nSPS) is 15.2. The number of urea groups is 1. The minimum atomic E-state index is 0.0384. The molecule has 1 fully saturated rings. The SMILES string of the molecule is CCOCc1ccccc1CNC(=O)N1CCSCC1. The Kier molecular flexibility index (Phi) is 6.21. The van der Waals surface area contributed by atoms with Gasteiger partial charge in [0.05, 0.1) is 6.61 Å². The van der Waals surface area contributed by atoms with Crippen molar-refractivity contribution in [3.63, 3.8) is 0 Å². The van der Waals surface area contributed by atoms with E-state index >= 15 is 0 Å². The lowest BCUT2D eigenvalue weighted by molar-refractivity contribution is 0.133. The lowest BCUT2D eigenvalue weighted by Gasteiger charge is -2.26. The molecule has 0 bridgehead atoms. The van der Waals surface area contributed by atoms with Crippen molar-refractivity contribution in [2.24, 2.45) is 0 Å². The third kappa shape index (κ3) is 4.42. The Labute approximate surface area is 124 Å². The van der Waals surface area contributed by atoms with Crippen molar-refractivity contribution in [2.45, 2.75) is 20.1 Å². The Morgan fingerprint density at radius 3 is 2.70 bits per heavy atom. The van der Waals surface area contributed by atoms with Crippen LogP contribution in [0.1, 0.15) is 18.1 Å². The van der Waals surface area contributed by atoms with Crippen molar-refractivity contribution in [1.82, 2.24) is 10.2 Å². The largest absolute Gasteiger partial charge is 0.377 e. The highest BCUT2D eigenvalue weighted by Crippen LogP contribution is 2.12. The summed E-state index contributed by atoms with van der Waals surface area (Å²) in [7, 11) is 0. The number of thioether (sulfide) groups is 1. The van der Waals surface area contributed by atoms with Crippen LogP contribution >= 0.6 is 11.8 Å². The molecule has 4 nitrogen and oxygen atoms in total. The number of amides is 2. The first-order valence-corrected chi connectivity index (χ1v) is 8.21. The molecule has 1 aromatic carbocycles. The second-order valence-corrected chi connectivity index (χ2v) is 5.89. The van der Waals surface area contributed by atoms with Crippen LogP contribution < -0.4 is 5.32 Å². The summed E-state index contributed by atoms with van der Waals surface area (Å²) < 4.78 is 5.46. The average molecular weight is 294 g/mol. The van der Waals surface area contributed by atoms with Gasteiger partial charge in [-0.25, -0.2) is 4.79 Å². The first-order valence-electron chi connectivity index (χ1n) is 7.06. The fraction of sp³-hybridized carbons (Fsp3) is 0.533. The second kappa shape index (κ2) is 8.17. The van der Waals surface area contributed by atoms with E-state index in [0.717, 1.165) is 35.7 Å². The maximum absolute atomic E-state index is 12.1. The van der Waals surface area contributed by atoms with Gasteiger partial charge in [0.15, 0.2) is 0 Å². The van der Waals surface area contributed by atoms with E-state index < -0.39 is 0 Å². The summed E-state index contributed by atoms with van der Waals surface area (Å²) in [5, 5.41) is 3.01. The van der Waals surface area contributed by atoms with Gasteiger partial charge in [0, 0.05) is 37.7 Å². The zero-order valence-electron chi connectivity index (χ0n) is 11.9. The molecule has 0 aliphatic carbocycles. The number of carbonyl (C=O) groups excluding carboxylic acids is 1. The van der Waals surface area contributed by atoms with Gasteiger partial charge < -0.3 is 15.0 Å². The maximum atomic E-state index is 12.1. The molecule has 0 saturated carbocycles. The van der Waals surface area contributed by atoms with E-state index in [9.17, 15) is 4.79 Å². The van der Waals surface area contributed by atoms with E-state index in [4.69, 9.17) is 4.74 Å². The molecular weight excluding hydrogens is 272 g/mol. The first kappa shape index (κ1) is 15.2. The molecule has 1 aliphatic heterocycles. The molecule has 0 spiro atoms. The van der Waals surface area contributed by atoms with Gasteiger partial charge in [-0.15, -0.1) is 0 Å². The number of benzene rings is 1. The van der Waals surface area contributed by atoms with Gasteiger partial charge in [0.1, 0.15) is 0 Å². The Hall–Kier alpha value is -1.20. The molecule has 2 amide bonds. The van der Waals surface area contributed by atoms with Crippen LogP contribution in [-0.4, -0.2) is 42.1 Å². The molecule has 1 saturated heterocycles. The molecule has 1 aliphatic rings. The number of rotatable bonds is 5. The van der Waals surface area contributed by atoms with E-state index in [1.807, 2.05) is 41.8 Å². The van der Waals surface area contributed by atoms with Crippen LogP contribution in [-0.2, 0) is 17.9 Å². The summed E-state index contributed by atoms with van der Waals surface area (Å²) in [4.78, 5) is 14.0. The molecule has 20 heavy (non-hydrogen) atoms. The van der Waals surface area contributed by atoms with E-state index in [1.54, 1.807) is 0 Å². The topological polar surface area (TPSA) is 41.6 Å². The summed E-state index contributed by atoms with van der Waals surface area (Å²) in [6, 6.07) is 8.13. The molecule has 0 atom stereocenters. The quantitative estimate of drug-likeness (QED) is 0.907. The van der Waals surface area contributed by atoms with Gasteiger partial charge in [-0.2, -0.15) is 11.8 Å². The number of hydrogen-bond donors (Lipinski definition) is 1. The fourth-order valence-corrected chi connectivity index (χ4v) is 3.03. The Balaban J connectivity index is 1.87. The molecule has 1 heterocycles. The fourth-order valence-electron chi connectivity index (χ4n) is 2.13. The highest BCUT2D eigenvalue weighted by molar-refractivity contribution is 7.99. The zero-order chi connectivity index (χ0) is 14.2. The maximum Gasteiger partial charge on any atom is 0.317 e. The number of nitrogens with zero attached hydrogens (tertiary/aromatic N) is 1. The van der Waals surface area contributed by atoms with Gasteiger partial charge in [0.2, 0.25) is 0 Å². The third-order valence-electron chi connectivity index (χ3n) is 3.31. The van der Waals surface area contributed by atoms with Crippen LogP contribution in [0, 0.1) is 0 Å². The molecule has 0 aromatic heterocycles. The zero-order valence-corrected chi connectivity index (χ0v) is 12.7. The van der Waals surface area contributed by atoms with Gasteiger partial charge in [-0.05, 0) is 18.1 Å². The highest BCUT2D eigenvalue weighted by atomic mass is 32.2. The minimum Gasteiger partial charge on any atom is -0.377 e. The van der Waals surface area contributed by atoms with Crippen molar-refractivity contribution in [1.29, 1.82) is 0 Å². The van der Waals surface area contributed by atoms with Crippen LogP contribution in [0.25, 0.3) is 0 Å². The predicted molar refractivity (Wildman–Crippen MR) is 82.9 cm³/mol. The second-order valence-electron chi connectivity index (χ2n) is 4.66. The molecule has 110 valence electrons. The van der Waals surface area contributed by atoms with Crippen LogP contribution in [0.15, 0.2) is 24.3 Å². The minimum absolute atomic E-state index is 0.0384. The average Bonchev–Trinajstić information content (AvgIpc) is 2.52. The monoisotopic (exact) mass is 294 g/mol. The molecule has 1 N–H and O–H groups in total. The molecule has 5 heteroatoms. The number of nitrogens with one attached hydrogen (secondary N) is 1. The molecule has 0 unspecified atom stereocenters. The molecule has 1 aromatic rings. The van der Waals surface area contributed by atoms with Gasteiger partial charge in [-0.1, -0.05) is 24.3 Å². The predicted octanol–water partition coefficient (Wildman–Crippen LogP) is 2.48. The summed E-state index contributed by atoms with van der Waals surface area (Å²) in [6.45, 7) is 5.54. The summed E-state index contributed by atoms with van der Waals surface area (Å²) in [6.07, 6.45) is 0. The first-order chi connectivity index (χ1) is 9.81. The summed E-state index contributed by atoms with van der Waals surface area (Å²) >= 11 is 1.90. The lowest BCUT2D eigenvalue weighted by Crippen LogP contribution is -2.44. The van der Waals surface area contributed by atoms with Crippen molar-refractivity contribution >= 4 is 17.8 Å². The van der Waals surface area contributed by atoms with E-state index in [-0.39, 0.29) is 6.03 Å². The van der Waals surface area contributed by atoms with Crippen molar-refractivity contribution < 1.29 is 9.53 Å². The lowest BCUT2D eigenvalue weighted by atomic mass is 10.1. The van der Waals surface area contributed by atoms with Crippen LogP contribution in [0.5, 0.6) is 0 Å². The Bertz CT molecular complexity index is 434. The highest BCUT2D eigenvalue weighted by Gasteiger charge is 2.16. The van der Waals surface area contributed by atoms with Gasteiger partial charge in [0.25, 0.3) is 0 Å². The Morgan fingerprint density at radius 1 is 1.30 bits per heavy atom. The molecular formula is C15H22N2O2S. The van der Waals surface area contributed by atoms with Crippen molar-refractivity contribution in [2.75, 3.05) is 31.2 Å². The Morgan fingerprint density at radius 2 is 2.00 bits per heavy atom. The van der Waals surface area contributed by atoms with Crippen LogP contribution in [0.2, 0.25) is 0 Å². The third-order valence-corrected chi connectivity index (χ3v) is 4.25. The molecule has 0 radical (unpaired) electrons. The van der Waals surface area contributed by atoms with Gasteiger partial charge >= 0.3 is 6.03 Å². The van der Waals surface area contributed by atoms with E-state index in [1.165, 1.54) is 0 Å². The van der Waals surface area contributed by atoms with E-state index in [0.29, 0.717) is 19.8 Å². The standard InChI is InChI=1S/C15H22N2O2S/c1-2-19-12-14-6-4-3-5-13(14)11-16-15(18)17-7-9-20-10-8-17/h3-6H,2,7-12H2,1H3,(H,16,18). The van der Waals surface area contributed by atoms with Crippen molar-refractivity contribution in [3.8, 4) is 0 Å². The summed E-state index contributed by atoms with van der Waals surface area (Å²) in [5.41, 5.74) is 2.27.